The van der Waals surface area contributed by atoms with E-state index in [0.29, 0.717) is 11.8 Å². The predicted octanol–water partition coefficient (Wildman–Crippen LogP) is 4.89. The third-order valence-corrected chi connectivity index (χ3v) is 3.35. The van der Waals surface area contributed by atoms with Gasteiger partial charge in [-0.2, -0.15) is 0 Å². The molecule has 0 amide bonds. The summed E-state index contributed by atoms with van der Waals surface area (Å²) in [4.78, 5) is 4.29. The Hall–Kier alpha value is -1.35. The molecule has 0 saturated carbocycles. The molecule has 94 valence electrons. The van der Waals surface area contributed by atoms with Crippen LogP contribution in [0.3, 0.4) is 0 Å². The fraction of sp³-hybridized carbons (Fsp3) is 0.267. The molecule has 0 atom stereocenters. The number of ether oxygens (including phenoxy) is 1. The maximum absolute atomic E-state index is 5.84. The number of para-hydroxylation sites is 1. The maximum atomic E-state index is 5.84. The Morgan fingerprint density at radius 1 is 1.17 bits per heavy atom. The topological polar surface area (TPSA) is 22.1 Å². The first kappa shape index (κ1) is 13.1. The summed E-state index contributed by atoms with van der Waals surface area (Å²) < 4.78 is 5.84. The van der Waals surface area contributed by atoms with Gasteiger partial charge in [0.05, 0.1) is 0 Å². The van der Waals surface area contributed by atoms with Crippen LogP contribution in [-0.2, 0) is 5.33 Å². The normalized spacial score (nSPS) is 10.7. The van der Waals surface area contributed by atoms with Crippen molar-refractivity contribution in [3.63, 3.8) is 0 Å². The molecule has 0 aliphatic carbocycles. The van der Waals surface area contributed by atoms with Crippen molar-refractivity contribution in [1.29, 1.82) is 0 Å². The molecule has 1 heterocycles. The molecular formula is C15H16BrNO. The number of benzene rings is 1. The number of hydrogen-bond acceptors (Lipinski definition) is 2. The van der Waals surface area contributed by atoms with E-state index in [1.54, 1.807) is 0 Å². The van der Waals surface area contributed by atoms with Gasteiger partial charge in [-0.05, 0) is 23.1 Å². The Morgan fingerprint density at radius 2 is 1.94 bits per heavy atom. The van der Waals surface area contributed by atoms with Gasteiger partial charge >= 0.3 is 0 Å². The smallest absolute Gasteiger partial charge is 0.219 e. The molecule has 0 spiro atoms. The SMILES string of the molecule is CC(C)c1ccccc1Oc1ccc(CBr)cn1. The first-order valence-electron chi connectivity index (χ1n) is 5.98. The zero-order valence-electron chi connectivity index (χ0n) is 10.6. The summed E-state index contributed by atoms with van der Waals surface area (Å²) in [5.74, 6) is 1.95. The molecule has 0 unspecified atom stereocenters. The van der Waals surface area contributed by atoms with E-state index in [9.17, 15) is 0 Å². The van der Waals surface area contributed by atoms with Crippen molar-refractivity contribution < 1.29 is 4.74 Å². The minimum absolute atomic E-state index is 0.433. The first-order chi connectivity index (χ1) is 8.70. The highest BCUT2D eigenvalue weighted by Gasteiger charge is 2.08. The van der Waals surface area contributed by atoms with Crippen LogP contribution >= 0.6 is 15.9 Å². The van der Waals surface area contributed by atoms with Crippen LogP contribution in [0.5, 0.6) is 11.6 Å². The van der Waals surface area contributed by atoms with Crippen molar-refractivity contribution >= 4 is 15.9 Å². The summed E-state index contributed by atoms with van der Waals surface area (Å²) in [5.41, 5.74) is 2.34. The van der Waals surface area contributed by atoms with Crippen LogP contribution in [0.1, 0.15) is 30.9 Å². The van der Waals surface area contributed by atoms with E-state index >= 15 is 0 Å². The van der Waals surface area contributed by atoms with Crippen LogP contribution in [0.25, 0.3) is 0 Å². The van der Waals surface area contributed by atoms with E-state index in [2.05, 4.69) is 40.8 Å². The van der Waals surface area contributed by atoms with Gasteiger partial charge in [-0.1, -0.05) is 54.0 Å². The van der Waals surface area contributed by atoms with Gasteiger partial charge < -0.3 is 4.74 Å². The second kappa shape index (κ2) is 6.01. The van der Waals surface area contributed by atoms with Gasteiger partial charge in [0.1, 0.15) is 5.75 Å². The summed E-state index contributed by atoms with van der Waals surface area (Å²) in [5, 5.41) is 0.808. The van der Waals surface area contributed by atoms with E-state index in [1.807, 2.05) is 36.5 Å². The minimum Gasteiger partial charge on any atom is -0.439 e. The average molecular weight is 306 g/mol. The lowest BCUT2D eigenvalue weighted by atomic mass is 10.0. The number of nitrogens with zero attached hydrogens (tertiary/aromatic N) is 1. The molecule has 0 aliphatic heterocycles. The molecular weight excluding hydrogens is 290 g/mol. The van der Waals surface area contributed by atoms with Gasteiger partial charge in [0.25, 0.3) is 0 Å². The molecule has 0 aliphatic rings. The lowest BCUT2D eigenvalue weighted by molar-refractivity contribution is 0.454. The van der Waals surface area contributed by atoms with Gasteiger partial charge in [0, 0.05) is 17.6 Å². The van der Waals surface area contributed by atoms with Crippen molar-refractivity contribution in [2.24, 2.45) is 0 Å². The fourth-order valence-corrected chi connectivity index (χ4v) is 2.05. The monoisotopic (exact) mass is 305 g/mol. The van der Waals surface area contributed by atoms with Gasteiger partial charge in [0.15, 0.2) is 0 Å². The van der Waals surface area contributed by atoms with E-state index in [0.717, 1.165) is 16.6 Å². The molecule has 0 N–H and O–H groups in total. The summed E-state index contributed by atoms with van der Waals surface area (Å²) in [6.07, 6.45) is 1.82. The standard InChI is InChI=1S/C15H16BrNO/c1-11(2)13-5-3-4-6-14(13)18-15-8-7-12(9-16)10-17-15/h3-8,10-11H,9H2,1-2H3. The zero-order valence-corrected chi connectivity index (χ0v) is 12.1. The minimum atomic E-state index is 0.433. The first-order valence-corrected chi connectivity index (χ1v) is 7.10. The molecule has 2 rings (SSSR count). The summed E-state index contributed by atoms with van der Waals surface area (Å²) >= 11 is 3.40. The Bertz CT molecular complexity index is 508. The Morgan fingerprint density at radius 3 is 2.56 bits per heavy atom. The van der Waals surface area contributed by atoms with E-state index < -0.39 is 0 Å². The molecule has 0 bridgehead atoms. The third kappa shape index (κ3) is 3.10. The van der Waals surface area contributed by atoms with Crippen LogP contribution in [0, 0.1) is 0 Å². The molecule has 1 aromatic carbocycles. The maximum Gasteiger partial charge on any atom is 0.219 e. The lowest BCUT2D eigenvalue weighted by Gasteiger charge is -2.12. The average Bonchev–Trinajstić information content (AvgIpc) is 2.40. The molecule has 18 heavy (non-hydrogen) atoms. The third-order valence-electron chi connectivity index (χ3n) is 2.71. The summed E-state index contributed by atoms with van der Waals surface area (Å²) in [6, 6.07) is 12.0. The zero-order chi connectivity index (χ0) is 13.0. The van der Waals surface area contributed by atoms with E-state index in [1.165, 1.54) is 5.56 Å². The molecule has 1 aromatic heterocycles. The van der Waals surface area contributed by atoms with Crippen LogP contribution < -0.4 is 4.74 Å². The highest BCUT2D eigenvalue weighted by Crippen LogP contribution is 2.29. The van der Waals surface area contributed by atoms with Crippen LogP contribution in [0.2, 0.25) is 0 Å². The molecule has 2 nitrogen and oxygen atoms in total. The molecule has 0 fully saturated rings. The number of alkyl halides is 1. The van der Waals surface area contributed by atoms with Crippen molar-refractivity contribution in [2.75, 3.05) is 0 Å². The number of aromatic nitrogens is 1. The molecule has 3 heteroatoms. The van der Waals surface area contributed by atoms with Gasteiger partial charge in [-0.25, -0.2) is 4.98 Å². The fourth-order valence-electron chi connectivity index (χ4n) is 1.71. The summed E-state index contributed by atoms with van der Waals surface area (Å²) in [7, 11) is 0. The Labute approximate surface area is 116 Å². The van der Waals surface area contributed by atoms with Gasteiger partial charge in [-0.15, -0.1) is 0 Å². The van der Waals surface area contributed by atoms with Crippen LogP contribution in [0.4, 0.5) is 0 Å². The number of hydrogen-bond donors (Lipinski definition) is 0. The molecule has 0 saturated heterocycles. The Kier molecular flexibility index (Phi) is 4.37. The van der Waals surface area contributed by atoms with Gasteiger partial charge in [0.2, 0.25) is 5.88 Å². The number of pyridine rings is 1. The molecule has 2 aromatic rings. The van der Waals surface area contributed by atoms with Gasteiger partial charge in [-0.3, -0.25) is 0 Å². The quantitative estimate of drug-likeness (QED) is 0.750. The largest absolute Gasteiger partial charge is 0.439 e. The van der Waals surface area contributed by atoms with Crippen LogP contribution in [0.15, 0.2) is 42.6 Å². The van der Waals surface area contributed by atoms with E-state index in [-0.39, 0.29) is 0 Å². The second-order valence-electron chi connectivity index (χ2n) is 4.43. The number of rotatable bonds is 4. The number of halogens is 1. The van der Waals surface area contributed by atoms with Crippen LogP contribution in [-0.4, -0.2) is 4.98 Å². The molecule has 0 radical (unpaired) electrons. The van der Waals surface area contributed by atoms with Crippen molar-refractivity contribution in [1.82, 2.24) is 4.98 Å². The highest BCUT2D eigenvalue weighted by molar-refractivity contribution is 9.08. The lowest BCUT2D eigenvalue weighted by Crippen LogP contribution is -1.95. The van der Waals surface area contributed by atoms with Crippen molar-refractivity contribution in [3.05, 3.63) is 53.7 Å². The summed E-state index contributed by atoms with van der Waals surface area (Å²) in [6.45, 7) is 4.31. The Balaban J connectivity index is 2.22. The van der Waals surface area contributed by atoms with E-state index in [4.69, 9.17) is 4.74 Å². The van der Waals surface area contributed by atoms with Crippen molar-refractivity contribution in [2.45, 2.75) is 25.1 Å². The highest BCUT2D eigenvalue weighted by atomic mass is 79.9. The van der Waals surface area contributed by atoms with Crippen molar-refractivity contribution in [3.8, 4) is 11.6 Å². The second-order valence-corrected chi connectivity index (χ2v) is 4.99. The predicted molar refractivity (Wildman–Crippen MR) is 77.5 cm³/mol.